The van der Waals surface area contributed by atoms with E-state index in [1.807, 2.05) is 6.20 Å². The highest BCUT2D eigenvalue weighted by Gasteiger charge is 2.38. The highest BCUT2D eigenvalue weighted by atomic mass is 14.9. The van der Waals surface area contributed by atoms with E-state index in [1.54, 1.807) is 0 Å². The van der Waals surface area contributed by atoms with E-state index < -0.39 is 0 Å². The molecule has 1 aromatic heterocycles. The van der Waals surface area contributed by atoms with E-state index >= 15 is 0 Å². The second-order valence-electron chi connectivity index (χ2n) is 6.10. The van der Waals surface area contributed by atoms with Crippen LogP contribution in [0.2, 0.25) is 0 Å². The SMILES string of the molecule is CC(C)CNCC1CC1c1cncc2ccccc12. The topological polar surface area (TPSA) is 24.9 Å². The van der Waals surface area contributed by atoms with Gasteiger partial charge in [0.2, 0.25) is 0 Å². The lowest BCUT2D eigenvalue weighted by Gasteiger charge is -2.08. The van der Waals surface area contributed by atoms with Crippen LogP contribution in [0.4, 0.5) is 0 Å². The summed E-state index contributed by atoms with van der Waals surface area (Å²) in [6, 6.07) is 8.59. The number of rotatable bonds is 5. The molecule has 0 aliphatic heterocycles. The molecular formula is C17H22N2. The first-order valence-corrected chi connectivity index (χ1v) is 7.29. The van der Waals surface area contributed by atoms with Gasteiger partial charge in [-0.2, -0.15) is 0 Å². The number of nitrogens with zero attached hydrogens (tertiary/aromatic N) is 1. The van der Waals surface area contributed by atoms with Gasteiger partial charge in [-0.3, -0.25) is 4.98 Å². The van der Waals surface area contributed by atoms with E-state index in [0.717, 1.165) is 24.9 Å². The normalized spacial score (nSPS) is 22.1. The van der Waals surface area contributed by atoms with Gasteiger partial charge in [-0.1, -0.05) is 38.1 Å². The minimum absolute atomic E-state index is 0.707. The maximum absolute atomic E-state index is 4.40. The van der Waals surface area contributed by atoms with Crippen LogP contribution in [0, 0.1) is 11.8 Å². The second-order valence-corrected chi connectivity index (χ2v) is 6.10. The standard InChI is InChI=1S/C17H22N2/c1-12(2)8-18-10-14-7-16(14)17-11-19-9-13-5-3-4-6-15(13)17/h3-6,9,11-12,14,16,18H,7-8,10H2,1-2H3. The molecule has 100 valence electrons. The first-order chi connectivity index (χ1) is 9.25. The van der Waals surface area contributed by atoms with E-state index in [9.17, 15) is 0 Å². The van der Waals surface area contributed by atoms with Gasteiger partial charge in [0.05, 0.1) is 0 Å². The van der Waals surface area contributed by atoms with E-state index in [2.05, 4.69) is 54.6 Å². The Morgan fingerprint density at radius 1 is 1.26 bits per heavy atom. The summed E-state index contributed by atoms with van der Waals surface area (Å²) in [5.74, 6) is 2.24. The van der Waals surface area contributed by atoms with Crippen LogP contribution >= 0.6 is 0 Å². The Kier molecular flexibility index (Phi) is 3.52. The summed E-state index contributed by atoms with van der Waals surface area (Å²) in [4.78, 5) is 4.40. The molecule has 0 spiro atoms. The van der Waals surface area contributed by atoms with Gasteiger partial charge in [0.1, 0.15) is 0 Å². The van der Waals surface area contributed by atoms with Crippen LogP contribution in [0.3, 0.4) is 0 Å². The Morgan fingerprint density at radius 3 is 2.95 bits per heavy atom. The number of benzene rings is 1. The lowest BCUT2D eigenvalue weighted by Crippen LogP contribution is -2.22. The summed E-state index contributed by atoms with van der Waals surface area (Å²) in [5, 5.41) is 6.22. The molecule has 2 aromatic rings. The summed E-state index contributed by atoms with van der Waals surface area (Å²) in [6.45, 7) is 6.78. The van der Waals surface area contributed by atoms with Crippen LogP contribution in [0.15, 0.2) is 36.7 Å². The maximum Gasteiger partial charge on any atom is 0.0346 e. The van der Waals surface area contributed by atoms with Gasteiger partial charge in [0.25, 0.3) is 0 Å². The lowest BCUT2D eigenvalue weighted by atomic mass is 10.0. The van der Waals surface area contributed by atoms with Crippen molar-refractivity contribution >= 4 is 10.8 Å². The van der Waals surface area contributed by atoms with Crippen molar-refractivity contribution in [2.24, 2.45) is 11.8 Å². The van der Waals surface area contributed by atoms with Crippen LogP contribution in [0.5, 0.6) is 0 Å². The predicted molar refractivity (Wildman–Crippen MR) is 80.3 cm³/mol. The van der Waals surface area contributed by atoms with Crippen molar-refractivity contribution in [1.29, 1.82) is 0 Å². The van der Waals surface area contributed by atoms with E-state index in [4.69, 9.17) is 0 Å². The van der Waals surface area contributed by atoms with E-state index in [0.29, 0.717) is 5.92 Å². The van der Waals surface area contributed by atoms with Gasteiger partial charge in [-0.05, 0) is 48.2 Å². The first kappa shape index (κ1) is 12.6. The second kappa shape index (κ2) is 5.30. The van der Waals surface area contributed by atoms with Crippen molar-refractivity contribution < 1.29 is 0 Å². The molecule has 1 aliphatic carbocycles. The van der Waals surface area contributed by atoms with Crippen molar-refractivity contribution in [1.82, 2.24) is 10.3 Å². The molecule has 1 heterocycles. The average Bonchev–Trinajstić information content (AvgIpc) is 3.17. The summed E-state index contributed by atoms with van der Waals surface area (Å²) in [6.07, 6.45) is 5.34. The van der Waals surface area contributed by atoms with Gasteiger partial charge in [-0.15, -0.1) is 0 Å². The maximum atomic E-state index is 4.40. The zero-order valence-electron chi connectivity index (χ0n) is 11.8. The summed E-state index contributed by atoms with van der Waals surface area (Å²) >= 11 is 0. The van der Waals surface area contributed by atoms with Crippen molar-refractivity contribution in [2.75, 3.05) is 13.1 Å². The zero-order chi connectivity index (χ0) is 13.2. The number of hydrogen-bond acceptors (Lipinski definition) is 2. The van der Waals surface area contributed by atoms with Gasteiger partial charge >= 0.3 is 0 Å². The molecule has 0 bridgehead atoms. The Morgan fingerprint density at radius 2 is 2.11 bits per heavy atom. The minimum Gasteiger partial charge on any atom is -0.316 e. The van der Waals surface area contributed by atoms with Crippen molar-refractivity contribution in [2.45, 2.75) is 26.2 Å². The monoisotopic (exact) mass is 254 g/mol. The molecule has 2 nitrogen and oxygen atoms in total. The van der Waals surface area contributed by atoms with E-state index in [1.165, 1.54) is 22.8 Å². The molecule has 1 aliphatic rings. The number of fused-ring (bicyclic) bond motifs is 1. The van der Waals surface area contributed by atoms with Crippen LogP contribution in [-0.2, 0) is 0 Å². The number of aromatic nitrogens is 1. The highest BCUT2D eigenvalue weighted by molar-refractivity contribution is 5.85. The minimum atomic E-state index is 0.707. The molecule has 1 N–H and O–H groups in total. The fourth-order valence-electron chi connectivity index (χ4n) is 2.85. The molecule has 2 heteroatoms. The molecule has 1 saturated carbocycles. The fraction of sp³-hybridized carbons (Fsp3) is 0.471. The van der Waals surface area contributed by atoms with Gasteiger partial charge in [0, 0.05) is 17.8 Å². The number of nitrogens with one attached hydrogen (secondary N) is 1. The highest BCUT2D eigenvalue weighted by Crippen LogP contribution is 2.48. The molecule has 1 fully saturated rings. The Labute approximate surface area is 115 Å². The summed E-state index contributed by atoms with van der Waals surface area (Å²) in [5.41, 5.74) is 1.44. The smallest absolute Gasteiger partial charge is 0.0346 e. The molecule has 0 amide bonds. The predicted octanol–water partition coefficient (Wildman–Crippen LogP) is 3.58. The largest absolute Gasteiger partial charge is 0.316 e. The Hall–Kier alpha value is -1.41. The first-order valence-electron chi connectivity index (χ1n) is 7.29. The van der Waals surface area contributed by atoms with E-state index in [-0.39, 0.29) is 0 Å². The zero-order valence-corrected chi connectivity index (χ0v) is 11.8. The van der Waals surface area contributed by atoms with Crippen molar-refractivity contribution in [3.8, 4) is 0 Å². The number of pyridine rings is 1. The van der Waals surface area contributed by atoms with Crippen LogP contribution in [-0.4, -0.2) is 18.1 Å². The molecule has 3 rings (SSSR count). The molecule has 19 heavy (non-hydrogen) atoms. The molecule has 1 aromatic carbocycles. The molecule has 0 saturated heterocycles. The fourth-order valence-corrected chi connectivity index (χ4v) is 2.85. The average molecular weight is 254 g/mol. The van der Waals surface area contributed by atoms with Crippen LogP contribution in [0.25, 0.3) is 10.8 Å². The Balaban J connectivity index is 1.70. The third-order valence-corrected chi connectivity index (χ3v) is 3.98. The van der Waals surface area contributed by atoms with Gasteiger partial charge in [-0.25, -0.2) is 0 Å². The van der Waals surface area contributed by atoms with Gasteiger partial charge in [0.15, 0.2) is 0 Å². The summed E-state index contributed by atoms with van der Waals surface area (Å²) in [7, 11) is 0. The molecule has 0 radical (unpaired) electrons. The van der Waals surface area contributed by atoms with Crippen molar-refractivity contribution in [3.05, 3.63) is 42.2 Å². The lowest BCUT2D eigenvalue weighted by molar-refractivity contribution is 0.533. The molecular weight excluding hydrogens is 232 g/mol. The third kappa shape index (κ3) is 2.79. The van der Waals surface area contributed by atoms with Crippen LogP contribution < -0.4 is 5.32 Å². The molecule has 2 atom stereocenters. The quantitative estimate of drug-likeness (QED) is 0.882. The molecule has 2 unspecified atom stereocenters. The third-order valence-electron chi connectivity index (χ3n) is 3.98. The Bertz CT molecular complexity index is 557. The number of hydrogen-bond donors (Lipinski definition) is 1. The summed E-state index contributed by atoms with van der Waals surface area (Å²) < 4.78 is 0. The van der Waals surface area contributed by atoms with Crippen LogP contribution in [0.1, 0.15) is 31.7 Å². The van der Waals surface area contributed by atoms with Crippen molar-refractivity contribution in [3.63, 3.8) is 0 Å². The van der Waals surface area contributed by atoms with Gasteiger partial charge < -0.3 is 5.32 Å².